The van der Waals surface area contributed by atoms with Crippen molar-refractivity contribution >= 4 is 0 Å². The van der Waals surface area contributed by atoms with Gasteiger partial charge in [0.2, 0.25) is 0 Å². The number of hydrogen-bond acceptors (Lipinski definition) is 1. The summed E-state index contributed by atoms with van der Waals surface area (Å²) >= 11 is 0. The fraction of sp³-hybridized carbons (Fsp3) is 0.647. The van der Waals surface area contributed by atoms with E-state index in [4.69, 9.17) is 5.73 Å². The van der Waals surface area contributed by atoms with E-state index in [1.165, 1.54) is 6.42 Å². The number of hydrogen-bond donors (Lipinski definition) is 1. The number of halogens is 1. The molecule has 1 aliphatic carbocycles. The van der Waals surface area contributed by atoms with E-state index in [1.807, 2.05) is 12.1 Å². The molecular formula is C17H26FN. The normalized spacial score (nSPS) is 30.9. The van der Waals surface area contributed by atoms with Gasteiger partial charge in [0.15, 0.2) is 0 Å². The Bertz CT molecular complexity index is 453. The smallest absolute Gasteiger partial charge is 0.126 e. The van der Waals surface area contributed by atoms with Gasteiger partial charge in [0.1, 0.15) is 5.82 Å². The van der Waals surface area contributed by atoms with Crippen LogP contribution in [0.3, 0.4) is 0 Å². The first-order chi connectivity index (χ1) is 8.82. The Morgan fingerprint density at radius 1 is 1.21 bits per heavy atom. The molecule has 2 N–H and O–H groups in total. The Hall–Kier alpha value is -0.890. The molecule has 0 saturated heterocycles. The molecule has 4 atom stereocenters. The highest BCUT2D eigenvalue weighted by Gasteiger charge is 2.36. The van der Waals surface area contributed by atoms with E-state index in [-0.39, 0.29) is 5.82 Å². The van der Waals surface area contributed by atoms with Crippen LogP contribution < -0.4 is 5.73 Å². The standard InChI is InChI=1S/C17H26FN/c1-11-5-7-14(9-13(11)3)17(4,19)15-8-6-12(2)16(18)10-15/h6,8,10-11,13-14H,5,7,9,19H2,1-4H3. The molecule has 1 nitrogen and oxygen atoms in total. The molecule has 0 heterocycles. The average molecular weight is 263 g/mol. The molecule has 0 bridgehead atoms. The zero-order chi connectivity index (χ0) is 14.2. The maximum Gasteiger partial charge on any atom is 0.126 e. The maximum atomic E-state index is 13.8. The van der Waals surface area contributed by atoms with Gasteiger partial charge in [-0.05, 0) is 61.6 Å². The minimum atomic E-state index is -0.428. The molecule has 19 heavy (non-hydrogen) atoms. The third-order valence-electron chi connectivity index (χ3n) is 5.24. The van der Waals surface area contributed by atoms with Gasteiger partial charge in [-0.1, -0.05) is 32.4 Å². The summed E-state index contributed by atoms with van der Waals surface area (Å²) in [6.07, 6.45) is 3.52. The van der Waals surface area contributed by atoms with E-state index in [0.717, 1.165) is 24.3 Å². The summed E-state index contributed by atoms with van der Waals surface area (Å²) in [6.45, 7) is 8.48. The molecule has 1 aromatic carbocycles. The van der Waals surface area contributed by atoms with E-state index in [1.54, 1.807) is 13.0 Å². The van der Waals surface area contributed by atoms with Gasteiger partial charge in [0.25, 0.3) is 0 Å². The van der Waals surface area contributed by atoms with E-state index in [2.05, 4.69) is 20.8 Å². The van der Waals surface area contributed by atoms with Gasteiger partial charge in [-0.3, -0.25) is 0 Å². The molecule has 0 radical (unpaired) electrons. The van der Waals surface area contributed by atoms with Crippen molar-refractivity contribution in [2.75, 3.05) is 0 Å². The lowest BCUT2D eigenvalue weighted by Gasteiger charge is -2.41. The summed E-state index contributed by atoms with van der Waals surface area (Å²) in [4.78, 5) is 0. The molecule has 1 saturated carbocycles. The summed E-state index contributed by atoms with van der Waals surface area (Å²) in [5.74, 6) is 1.78. The van der Waals surface area contributed by atoms with Crippen molar-refractivity contribution in [1.29, 1.82) is 0 Å². The maximum absolute atomic E-state index is 13.8. The summed E-state index contributed by atoms with van der Waals surface area (Å²) in [6, 6.07) is 5.45. The molecule has 0 spiro atoms. The summed E-state index contributed by atoms with van der Waals surface area (Å²) < 4.78 is 13.8. The highest BCUT2D eigenvalue weighted by molar-refractivity contribution is 5.29. The van der Waals surface area contributed by atoms with Crippen LogP contribution in [0.15, 0.2) is 18.2 Å². The third kappa shape index (κ3) is 2.84. The quantitative estimate of drug-likeness (QED) is 0.842. The van der Waals surface area contributed by atoms with Crippen molar-refractivity contribution in [2.45, 2.75) is 52.5 Å². The lowest BCUT2D eigenvalue weighted by atomic mass is 9.67. The predicted molar refractivity (Wildman–Crippen MR) is 78.3 cm³/mol. The molecule has 4 unspecified atom stereocenters. The molecule has 106 valence electrons. The number of nitrogens with two attached hydrogens (primary N) is 1. The molecule has 2 heteroatoms. The number of aryl methyl sites for hydroxylation is 1. The van der Waals surface area contributed by atoms with Crippen LogP contribution in [0.2, 0.25) is 0 Å². The Morgan fingerprint density at radius 2 is 1.89 bits per heavy atom. The van der Waals surface area contributed by atoms with E-state index >= 15 is 0 Å². The van der Waals surface area contributed by atoms with Gasteiger partial charge in [-0.25, -0.2) is 4.39 Å². The lowest BCUT2D eigenvalue weighted by Crippen LogP contribution is -2.44. The van der Waals surface area contributed by atoms with Gasteiger partial charge in [0.05, 0.1) is 0 Å². The van der Waals surface area contributed by atoms with Crippen LogP contribution in [0.4, 0.5) is 4.39 Å². The van der Waals surface area contributed by atoms with Gasteiger partial charge in [-0.15, -0.1) is 0 Å². The molecule has 0 aromatic heterocycles. The second kappa shape index (κ2) is 5.24. The van der Waals surface area contributed by atoms with Gasteiger partial charge < -0.3 is 5.73 Å². The summed E-state index contributed by atoms with van der Waals surface area (Å²) in [5, 5.41) is 0. The zero-order valence-electron chi connectivity index (χ0n) is 12.5. The Morgan fingerprint density at radius 3 is 2.47 bits per heavy atom. The highest BCUT2D eigenvalue weighted by atomic mass is 19.1. The first-order valence-corrected chi connectivity index (χ1v) is 7.38. The monoisotopic (exact) mass is 263 g/mol. The lowest BCUT2D eigenvalue weighted by molar-refractivity contribution is 0.142. The first-order valence-electron chi connectivity index (χ1n) is 7.38. The number of rotatable bonds is 2. The van der Waals surface area contributed by atoms with Crippen LogP contribution in [-0.2, 0) is 5.54 Å². The van der Waals surface area contributed by atoms with Crippen molar-refractivity contribution in [3.05, 3.63) is 35.1 Å². The zero-order valence-corrected chi connectivity index (χ0v) is 12.5. The van der Waals surface area contributed by atoms with E-state index < -0.39 is 5.54 Å². The second-order valence-corrected chi connectivity index (χ2v) is 6.71. The van der Waals surface area contributed by atoms with Crippen molar-refractivity contribution in [3.63, 3.8) is 0 Å². The topological polar surface area (TPSA) is 26.0 Å². The Kier molecular flexibility index (Phi) is 4.00. The van der Waals surface area contributed by atoms with Crippen LogP contribution in [0, 0.1) is 30.5 Å². The molecule has 1 fully saturated rings. The molecule has 1 aliphatic rings. The van der Waals surface area contributed by atoms with Gasteiger partial charge in [0, 0.05) is 5.54 Å². The predicted octanol–water partition coefficient (Wildman–Crippen LogP) is 4.38. The van der Waals surface area contributed by atoms with E-state index in [0.29, 0.717) is 17.4 Å². The summed E-state index contributed by atoms with van der Waals surface area (Å²) in [5.41, 5.74) is 7.76. The third-order valence-corrected chi connectivity index (χ3v) is 5.24. The van der Waals surface area contributed by atoms with Crippen molar-refractivity contribution in [2.24, 2.45) is 23.5 Å². The van der Waals surface area contributed by atoms with Gasteiger partial charge >= 0.3 is 0 Å². The fourth-order valence-corrected chi connectivity index (χ4v) is 3.26. The van der Waals surface area contributed by atoms with Gasteiger partial charge in [-0.2, -0.15) is 0 Å². The minimum absolute atomic E-state index is 0.147. The Balaban J connectivity index is 2.23. The van der Waals surface area contributed by atoms with Crippen molar-refractivity contribution < 1.29 is 4.39 Å². The fourth-order valence-electron chi connectivity index (χ4n) is 3.26. The molecule has 0 amide bonds. The van der Waals surface area contributed by atoms with E-state index in [9.17, 15) is 4.39 Å². The SMILES string of the molecule is Cc1ccc(C(C)(N)C2CCC(C)C(C)C2)cc1F. The minimum Gasteiger partial charge on any atom is -0.321 e. The largest absolute Gasteiger partial charge is 0.321 e. The first kappa shape index (κ1) is 14.5. The molecular weight excluding hydrogens is 237 g/mol. The van der Waals surface area contributed by atoms with Crippen molar-refractivity contribution in [1.82, 2.24) is 0 Å². The van der Waals surface area contributed by atoms with Crippen LogP contribution in [0.25, 0.3) is 0 Å². The molecule has 2 rings (SSSR count). The molecule has 1 aromatic rings. The average Bonchev–Trinajstić information content (AvgIpc) is 2.35. The van der Waals surface area contributed by atoms with Crippen LogP contribution in [0.5, 0.6) is 0 Å². The molecule has 0 aliphatic heterocycles. The number of benzene rings is 1. The van der Waals surface area contributed by atoms with Crippen LogP contribution in [0.1, 0.15) is 51.2 Å². The second-order valence-electron chi connectivity index (χ2n) is 6.71. The van der Waals surface area contributed by atoms with Crippen LogP contribution in [-0.4, -0.2) is 0 Å². The van der Waals surface area contributed by atoms with Crippen molar-refractivity contribution in [3.8, 4) is 0 Å². The Labute approximate surface area is 116 Å². The van der Waals surface area contributed by atoms with Crippen LogP contribution >= 0.6 is 0 Å². The highest BCUT2D eigenvalue weighted by Crippen LogP contribution is 2.42. The summed E-state index contributed by atoms with van der Waals surface area (Å²) in [7, 11) is 0.